The second kappa shape index (κ2) is 11.0. The maximum absolute atomic E-state index is 12.3. The quantitative estimate of drug-likeness (QED) is 0.461. The molecule has 1 aromatic rings. The first-order valence-corrected chi connectivity index (χ1v) is 9.88. The minimum absolute atomic E-state index is 0.0614. The fourth-order valence-corrected chi connectivity index (χ4v) is 3.25. The zero-order valence-corrected chi connectivity index (χ0v) is 17.9. The topological polar surface area (TPSA) is 83.5 Å². The lowest BCUT2D eigenvalue weighted by Gasteiger charge is -2.26. The Kier molecular flexibility index (Phi) is 8.66. The van der Waals surface area contributed by atoms with Crippen molar-refractivity contribution in [2.24, 2.45) is 0 Å². The molecule has 160 valence electrons. The van der Waals surface area contributed by atoms with Crippen LogP contribution in [-0.4, -0.2) is 67.3 Å². The van der Waals surface area contributed by atoms with Crippen molar-refractivity contribution >= 4 is 29.3 Å². The number of thiocarbonyl (C=S) groups is 1. The number of hydrogen-bond donors (Lipinski definition) is 0. The average molecular weight is 426 g/mol. The summed E-state index contributed by atoms with van der Waals surface area (Å²) in [7, 11) is 1.55. The van der Waals surface area contributed by atoms with Gasteiger partial charge in [-0.1, -0.05) is 0 Å². The molecule has 1 unspecified atom stereocenters. The van der Waals surface area contributed by atoms with E-state index in [1.165, 1.54) is 6.92 Å². The van der Waals surface area contributed by atoms with Gasteiger partial charge in [0.05, 0.1) is 19.1 Å². The van der Waals surface area contributed by atoms with E-state index in [0.717, 1.165) is 0 Å². The number of methoxy groups -OCH3 is 1. The number of carbonyl (C=O) groups is 2. The highest BCUT2D eigenvalue weighted by Crippen LogP contribution is 2.26. The fourth-order valence-electron chi connectivity index (χ4n) is 2.87. The Balaban J connectivity index is 2.00. The second-order valence-corrected chi connectivity index (χ2v) is 6.72. The van der Waals surface area contributed by atoms with E-state index in [4.69, 9.17) is 35.9 Å². The van der Waals surface area contributed by atoms with Crippen LogP contribution >= 0.6 is 12.2 Å². The molecule has 1 heterocycles. The van der Waals surface area contributed by atoms with Gasteiger partial charge in [0.1, 0.15) is 24.6 Å². The largest absolute Gasteiger partial charge is 0.497 e. The molecule has 0 bridgehead atoms. The van der Waals surface area contributed by atoms with Crippen LogP contribution < -0.4 is 4.74 Å². The zero-order valence-electron chi connectivity index (χ0n) is 17.1. The maximum Gasteiger partial charge on any atom is 0.338 e. The zero-order chi connectivity index (χ0) is 21.4. The minimum Gasteiger partial charge on any atom is -0.497 e. The van der Waals surface area contributed by atoms with E-state index >= 15 is 0 Å². The number of nitrogens with zero attached hydrogens (tertiary/aromatic N) is 1. The molecule has 2 rings (SSSR count). The third-order valence-electron chi connectivity index (χ3n) is 4.44. The molecule has 0 aromatic heterocycles. The number of carbonyl (C=O) groups excluding carboxylic acids is 2. The summed E-state index contributed by atoms with van der Waals surface area (Å²) in [4.78, 5) is 25.5. The summed E-state index contributed by atoms with van der Waals surface area (Å²) in [5.74, 6) is -0.323. The summed E-state index contributed by atoms with van der Waals surface area (Å²) >= 11 is 5.35. The van der Waals surface area contributed by atoms with E-state index < -0.39 is 30.4 Å². The van der Waals surface area contributed by atoms with Crippen LogP contribution in [0.4, 0.5) is 0 Å². The van der Waals surface area contributed by atoms with E-state index in [2.05, 4.69) is 0 Å². The van der Waals surface area contributed by atoms with Crippen LogP contribution in [-0.2, 0) is 23.7 Å². The molecule has 0 aliphatic carbocycles. The van der Waals surface area contributed by atoms with Crippen molar-refractivity contribution in [3.63, 3.8) is 0 Å². The van der Waals surface area contributed by atoms with Crippen molar-refractivity contribution in [2.75, 3.05) is 26.8 Å². The lowest BCUT2D eigenvalue weighted by molar-refractivity contribution is -0.175. The van der Waals surface area contributed by atoms with Crippen molar-refractivity contribution in [3.05, 3.63) is 29.8 Å². The molecule has 1 aromatic carbocycles. The molecular formula is C20H27NO7S. The van der Waals surface area contributed by atoms with Crippen LogP contribution in [0.2, 0.25) is 0 Å². The first-order chi connectivity index (χ1) is 13.9. The third-order valence-corrected chi connectivity index (χ3v) is 4.80. The first-order valence-electron chi connectivity index (χ1n) is 9.47. The van der Waals surface area contributed by atoms with Crippen molar-refractivity contribution in [3.8, 4) is 5.75 Å². The SMILES string of the molecule is CCN(CC)C(=S)O[C@H]1CC(OC(C)=O)O[C@@H]1COC(=O)c1ccc(OC)cc1. The number of rotatable bonds is 8. The van der Waals surface area contributed by atoms with E-state index in [1.807, 2.05) is 18.7 Å². The summed E-state index contributed by atoms with van der Waals surface area (Å²) < 4.78 is 27.2. The molecule has 1 fully saturated rings. The van der Waals surface area contributed by atoms with E-state index in [9.17, 15) is 9.59 Å². The first kappa shape index (κ1) is 22.9. The molecule has 0 amide bonds. The maximum atomic E-state index is 12.3. The van der Waals surface area contributed by atoms with Gasteiger partial charge in [0.2, 0.25) is 6.29 Å². The summed E-state index contributed by atoms with van der Waals surface area (Å²) in [5, 5.41) is 0.332. The Morgan fingerprint density at radius 3 is 2.38 bits per heavy atom. The lowest BCUT2D eigenvalue weighted by Crippen LogP contribution is -2.38. The number of hydrogen-bond acceptors (Lipinski definition) is 8. The van der Waals surface area contributed by atoms with Crippen molar-refractivity contribution < 1.29 is 33.3 Å². The van der Waals surface area contributed by atoms with Gasteiger partial charge in [-0.15, -0.1) is 0 Å². The Morgan fingerprint density at radius 2 is 1.83 bits per heavy atom. The van der Waals surface area contributed by atoms with Crippen molar-refractivity contribution in [2.45, 2.75) is 45.7 Å². The smallest absolute Gasteiger partial charge is 0.338 e. The molecule has 1 aliphatic rings. The van der Waals surface area contributed by atoms with Crippen LogP contribution in [0.25, 0.3) is 0 Å². The highest BCUT2D eigenvalue weighted by Gasteiger charge is 2.40. The van der Waals surface area contributed by atoms with Crippen LogP contribution in [0.3, 0.4) is 0 Å². The van der Waals surface area contributed by atoms with Gasteiger partial charge < -0.3 is 28.6 Å². The number of esters is 2. The van der Waals surface area contributed by atoms with Crippen molar-refractivity contribution in [1.29, 1.82) is 0 Å². The van der Waals surface area contributed by atoms with Gasteiger partial charge in [-0.3, -0.25) is 4.79 Å². The van der Waals surface area contributed by atoms with Gasteiger partial charge in [-0.25, -0.2) is 4.79 Å². The second-order valence-electron chi connectivity index (χ2n) is 6.37. The van der Waals surface area contributed by atoms with Crippen molar-refractivity contribution in [1.82, 2.24) is 4.90 Å². The Morgan fingerprint density at radius 1 is 1.17 bits per heavy atom. The molecule has 8 nitrogen and oxygen atoms in total. The standard InChI is InChI=1S/C20H27NO7S/c1-5-21(6-2)20(29)28-16-11-18(26-13(3)22)27-17(16)12-25-19(23)14-7-9-15(24-4)10-8-14/h7-10,16-18H,5-6,11-12H2,1-4H3/t16-,17+,18?/m0/s1. The molecule has 0 radical (unpaired) electrons. The van der Waals surface area contributed by atoms with Gasteiger partial charge in [0.25, 0.3) is 5.17 Å². The molecule has 9 heteroatoms. The minimum atomic E-state index is -0.776. The van der Waals surface area contributed by atoms with Crippen LogP contribution in [0.1, 0.15) is 37.6 Å². The predicted molar refractivity (Wildman–Crippen MR) is 109 cm³/mol. The van der Waals surface area contributed by atoms with Crippen LogP contribution in [0.15, 0.2) is 24.3 Å². The summed E-state index contributed by atoms with van der Waals surface area (Å²) in [5.41, 5.74) is 0.386. The molecule has 1 aliphatic heterocycles. The molecule has 1 saturated heterocycles. The molecule has 29 heavy (non-hydrogen) atoms. The summed E-state index contributed by atoms with van der Waals surface area (Å²) in [6.07, 6.45) is -1.60. The average Bonchev–Trinajstić information content (AvgIpc) is 3.07. The molecule has 0 saturated carbocycles. The molecule has 3 atom stereocenters. The van der Waals surface area contributed by atoms with Gasteiger partial charge in [0.15, 0.2) is 0 Å². The normalized spacial score (nSPS) is 20.6. The molecule has 0 spiro atoms. The highest BCUT2D eigenvalue weighted by atomic mass is 32.1. The van der Waals surface area contributed by atoms with Gasteiger partial charge in [-0.05, 0) is 50.3 Å². The lowest BCUT2D eigenvalue weighted by atomic mass is 10.2. The monoisotopic (exact) mass is 425 g/mol. The van der Waals surface area contributed by atoms with E-state index in [1.54, 1.807) is 31.4 Å². The molecular weight excluding hydrogens is 398 g/mol. The Bertz CT molecular complexity index is 705. The fraction of sp³-hybridized carbons (Fsp3) is 0.550. The van der Waals surface area contributed by atoms with E-state index in [-0.39, 0.29) is 6.61 Å². The molecule has 0 N–H and O–H groups in total. The van der Waals surface area contributed by atoms with Gasteiger partial charge in [0, 0.05) is 20.0 Å². The van der Waals surface area contributed by atoms with Gasteiger partial charge in [-0.2, -0.15) is 0 Å². The Hall–Kier alpha value is -2.39. The highest BCUT2D eigenvalue weighted by molar-refractivity contribution is 7.80. The Labute approximate surface area is 176 Å². The number of ether oxygens (including phenoxy) is 5. The summed E-state index contributed by atoms with van der Waals surface area (Å²) in [6, 6.07) is 6.57. The van der Waals surface area contributed by atoms with Crippen LogP contribution in [0, 0.1) is 0 Å². The predicted octanol–water partition coefficient (Wildman–Crippen LogP) is 2.54. The summed E-state index contributed by atoms with van der Waals surface area (Å²) in [6.45, 7) is 6.59. The van der Waals surface area contributed by atoms with Gasteiger partial charge >= 0.3 is 11.9 Å². The van der Waals surface area contributed by atoms with Crippen LogP contribution in [0.5, 0.6) is 5.75 Å². The number of benzene rings is 1. The third kappa shape index (κ3) is 6.57. The van der Waals surface area contributed by atoms with E-state index in [0.29, 0.717) is 36.0 Å².